The van der Waals surface area contributed by atoms with E-state index in [2.05, 4.69) is 252 Å². The number of hydrogen-bond acceptors (Lipinski definition) is 3. The molecular weight excluding hydrogens is 817 g/mol. The van der Waals surface area contributed by atoms with E-state index < -0.39 is 5.41 Å². The second kappa shape index (κ2) is 14.6. The van der Waals surface area contributed by atoms with Gasteiger partial charge < -0.3 is 13.7 Å². The van der Waals surface area contributed by atoms with Gasteiger partial charge in [0.25, 0.3) is 0 Å². The standard InChI is InChI=1S/C63H40N2O2/c1-3-18-41(19-4-1)42-34-36-43(37-35-42)60-48-24-9-14-31-57(48)67-62(60)65(45-38-39-55-49(40-45)46-22-8-13-29-54(46)64(55)44-20-5-2-6-21-44)56-30-17-28-53-61(56)47-23-7-10-25-50(47)63(53)51-26-11-15-32-58(51)66-59-33-16-12-27-52(59)63/h1-40H. The van der Waals surface area contributed by atoms with Gasteiger partial charge in [0.1, 0.15) is 17.1 Å². The number of rotatable bonds is 6. The number of nitrogens with zero attached hydrogens (tertiary/aromatic N) is 2. The third-order valence-corrected chi connectivity index (χ3v) is 14.1. The molecule has 0 amide bonds. The molecule has 0 bridgehead atoms. The summed E-state index contributed by atoms with van der Waals surface area (Å²) in [6.45, 7) is 0. The molecule has 0 atom stereocenters. The van der Waals surface area contributed by atoms with Crippen molar-refractivity contribution in [3.8, 4) is 50.6 Å². The van der Waals surface area contributed by atoms with Crippen molar-refractivity contribution in [1.29, 1.82) is 0 Å². The van der Waals surface area contributed by atoms with Crippen molar-refractivity contribution in [3.05, 3.63) is 265 Å². The van der Waals surface area contributed by atoms with Crippen LogP contribution >= 0.6 is 0 Å². The summed E-state index contributed by atoms with van der Waals surface area (Å²) < 4.78 is 16.4. The third kappa shape index (κ3) is 5.41. The van der Waals surface area contributed by atoms with Crippen LogP contribution in [0, 0.1) is 0 Å². The first-order valence-corrected chi connectivity index (χ1v) is 22.9. The smallest absolute Gasteiger partial charge is 0.213 e. The van der Waals surface area contributed by atoms with Crippen LogP contribution in [0.3, 0.4) is 0 Å². The van der Waals surface area contributed by atoms with Crippen molar-refractivity contribution in [2.45, 2.75) is 5.41 Å². The van der Waals surface area contributed by atoms with Crippen molar-refractivity contribution >= 4 is 50.0 Å². The van der Waals surface area contributed by atoms with Crippen LogP contribution in [0.2, 0.25) is 0 Å². The van der Waals surface area contributed by atoms with E-state index in [4.69, 9.17) is 9.15 Å². The zero-order valence-corrected chi connectivity index (χ0v) is 36.3. The first kappa shape index (κ1) is 37.5. The lowest BCUT2D eigenvalue weighted by molar-refractivity contribution is 0.436. The third-order valence-electron chi connectivity index (χ3n) is 14.1. The van der Waals surface area contributed by atoms with Gasteiger partial charge in [-0.1, -0.05) is 182 Å². The summed E-state index contributed by atoms with van der Waals surface area (Å²) in [5.41, 5.74) is 17.1. The topological polar surface area (TPSA) is 30.5 Å². The van der Waals surface area contributed by atoms with Gasteiger partial charge in [0.15, 0.2) is 0 Å². The van der Waals surface area contributed by atoms with Crippen LogP contribution in [0.5, 0.6) is 11.5 Å². The Morgan fingerprint density at radius 2 is 0.970 bits per heavy atom. The summed E-state index contributed by atoms with van der Waals surface area (Å²) in [6, 6.07) is 87.2. The van der Waals surface area contributed by atoms with Crippen molar-refractivity contribution in [3.63, 3.8) is 0 Å². The molecule has 1 aliphatic carbocycles. The van der Waals surface area contributed by atoms with E-state index >= 15 is 0 Å². The molecule has 14 rings (SSSR count). The van der Waals surface area contributed by atoms with Gasteiger partial charge in [0, 0.05) is 44.2 Å². The van der Waals surface area contributed by atoms with Crippen LogP contribution in [-0.4, -0.2) is 4.57 Å². The van der Waals surface area contributed by atoms with E-state index in [0.29, 0.717) is 0 Å². The number of ether oxygens (including phenoxy) is 1. The maximum atomic E-state index is 7.31. The molecule has 10 aromatic carbocycles. The molecule has 3 heterocycles. The number of anilines is 3. The molecule has 0 saturated carbocycles. The average Bonchev–Trinajstić information content (AvgIpc) is 4.04. The minimum atomic E-state index is -0.643. The lowest BCUT2D eigenvalue weighted by Gasteiger charge is -2.39. The SMILES string of the molecule is c1ccc(-c2ccc(-c3c(N(c4ccc5c(c4)c4ccccc4n5-c4ccccc4)c4cccc5c4-c4ccccc4C54c5ccccc5Oc5ccccc54)oc4ccccc34)cc2)cc1. The Bertz CT molecular complexity index is 3860. The molecule has 0 N–H and O–H groups in total. The predicted octanol–water partition coefficient (Wildman–Crippen LogP) is 16.8. The molecule has 2 aliphatic rings. The zero-order chi connectivity index (χ0) is 44.1. The molecule has 314 valence electrons. The van der Waals surface area contributed by atoms with Crippen LogP contribution < -0.4 is 9.64 Å². The fraction of sp³-hybridized carbons (Fsp3) is 0.0159. The van der Waals surface area contributed by atoms with Crippen molar-refractivity contribution in [1.82, 2.24) is 4.57 Å². The number of fused-ring (bicyclic) bond motifs is 13. The van der Waals surface area contributed by atoms with Crippen LogP contribution in [-0.2, 0) is 5.41 Å². The molecular formula is C63H40N2O2. The van der Waals surface area contributed by atoms with Crippen LogP contribution in [0.1, 0.15) is 22.3 Å². The first-order valence-electron chi connectivity index (χ1n) is 22.9. The van der Waals surface area contributed by atoms with Gasteiger partial charge in [-0.3, -0.25) is 4.90 Å². The van der Waals surface area contributed by atoms with E-state index in [-0.39, 0.29) is 0 Å². The van der Waals surface area contributed by atoms with Gasteiger partial charge in [-0.05, 0) is 94.0 Å². The lowest BCUT2D eigenvalue weighted by atomic mass is 9.66. The monoisotopic (exact) mass is 856 g/mol. The van der Waals surface area contributed by atoms with E-state index in [9.17, 15) is 0 Å². The molecule has 4 nitrogen and oxygen atoms in total. The van der Waals surface area contributed by atoms with Crippen molar-refractivity contribution in [2.24, 2.45) is 0 Å². The molecule has 4 heteroatoms. The van der Waals surface area contributed by atoms with E-state index in [1.807, 2.05) is 0 Å². The Hall–Kier alpha value is -8.86. The molecule has 12 aromatic rings. The van der Waals surface area contributed by atoms with Gasteiger partial charge in [0.05, 0.1) is 27.7 Å². The van der Waals surface area contributed by atoms with Gasteiger partial charge in [-0.15, -0.1) is 0 Å². The molecule has 1 aliphatic heterocycles. The minimum absolute atomic E-state index is 0.643. The number of aromatic nitrogens is 1. The summed E-state index contributed by atoms with van der Waals surface area (Å²) >= 11 is 0. The molecule has 0 saturated heterocycles. The minimum Gasteiger partial charge on any atom is -0.457 e. The fourth-order valence-corrected chi connectivity index (χ4v) is 11.3. The lowest BCUT2D eigenvalue weighted by Crippen LogP contribution is -2.32. The summed E-state index contributed by atoms with van der Waals surface area (Å²) in [5, 5.41) is 3.39. The Kier molecular flexibility index (Phi) is 8.16. The highest BCUT2D eigenvalue weighted by molar-refractivity contribution is 6.12. The maximum Gasteiger partial charge on any atom is 0.213 e. The maximum absolute atomic E-state index is 7.31. The summed E-state index contributed by atoms with van der Waals surface area (Å²) in [7, 11) is 0. The van der Waals surface area contributed by atoms with Crippen LogP contribution in [0.4, 0.5) is 17.3 Å². The predicted molar refractivity (Wildman–Crippen MR) is 273 cm³/mol. The van der Waals surface area contributed by atoms with Gasteiger partial charge >= 0.3 is 0 Å². The van der Waals surface area contributed by atoms with Gasteiger partial charge in [0.2, 0.25) is 5.88 Å². The number of benzene rings is 10. The van der Waals surface area contributed by atoms with Gasteiger partial charge in [-0.25, -0.2) is 0 Å². The van der Waals surface area contributed by atoms with Crippen molar-refractivity contribution < 1.29 is 9.15 Å². The number of hydrogen-bond donors (Lipinski definition) is 0. The fourth-order valence-electron chi connectivity index (χ4n) is 11.3. The number of furan rings is 1. The quantitative estimate of drug-likeness (QED) is 0.167. The molecule has 0 unspecified atom stereocenters. The summed E-state index contributed by atoms with van der Waals surface area (Å²) in [5.74, 6) is 2.48. The van der Waals surface area contributed by atoms with E-state index in [0.717, 1.165) is 95.2 Å². The molecule has 0 radical (unpaired) electrons. The largest absolute Gasteiger partial charge is 0.457 e. The number of para-hydroxylation sites is 5. The Balaban J connectivity index is 1.08. The van der Waals surface area contributed by atoms with E-state index in [1.165, 1.54) is 27.6 Å². The Morgan fingerprint density at radius 3 is 1.75 bits per heavy atom. The van der Waals surface area contributed by atoms with E-state index in [1.54, 1.807) is 0 Å². The molecule has 1 spiro atoms. The normalized spacial score (nSPS) is 13.0. The summed E-state index contributed by atoms with van der Waals surface area (Å²) in [6.07, 6.45) is 0. The average molecular weight is 857 g/mol. The van der Waals surface area contributed by atoms with Crippen molar-refractivity contribution in [2.75, 3.05) is 4.90 Å². The zero-order valence-electron chi connectivity index (χ0n) is 36.3. The second-order valence-corrected chi connectivity index (χ2v) is 17.5. The first-order chi connectivity index (χ1) is 33.3. The Labute approximate surface area is 387 Å². The molecule has 67 heavy (non-hydrogen) atoms. The highest BCUT2D eigenvalue weighted by Gasteiger charge is 2.52. The summed E-state index contributed by atoms with van der Waals surface area (Å²) in [4.78, 5) is 2.39. The van der Waals surface area contributed by atoms with Crippen LogP contribution in [0.15, 0.2) is 247 Å². The highest BCUT2D eigenvalue weighted by atomic mass is 16.5. The second-order valence-electron chi connectivity index (χ2n) is 17.5. The molecule has 0 fully saturated rings. The van der Waals surface area contributed by atoms with Gasteiger partial charge in [-0.2, -0.15) is 0 Å². The Morgan fingerprint density at radius 1 is 0.388 bits per heavy atom. The highest BCUT2D eigenvalue weighted by Crippen LogP contribution is 2.64. The van der Waals surface area contributed by atoms with Crippen LogP contribution in [0.25, 0.3) is 71.8 Å². The molecule has 2 aromatic heterocycles.